The number of ether oxygens (including phenoxy) is 1. The molecule has 18 heavy (non-hydrogen) atoms. The van der Waals surface area contributed by atoms with Crippen LogP contribution in [0, 0.1) is 6.92 Å². The lowest BCUT2D eigenvalue weighted by molar-refractivity contribution is -0.131. The third-order valence-electron chi connectivity index (χ3n) is 2.78. The number of benzene rings is 1. The van der Waals surface area contributed by atoms with Crippen molar-refractivity contribution in [3.63, 3.8) is 0 Å². The van der Waals surface area contributed by atoms with E-state index < -0.39 is 5.97 Å². The highest BCUT2D eigenvalue weighted by atomic mass is 16.5. The van der Waals surface area contributed by atoms with Gasteiger partial charge in [-0.25, -0.2) is 4.79 Å². The Morgan fingerprint density at radius 2 is 2.06 bits per heavy atom. The Labute approximate surface area is 108 Å². The number of carboxylic acid groups (broad SMARTS) is 1. The minimum atomic E-state index is -0.954. The van der Waals surface area contributed by atoms with Crippen molar-refractivity contribution in [3.05, 3.63) is 35.4 Å². The molecule has 0 saturated carbocycles. The molecule has 0 amide bonds. The second-order valence-corrected chi connectivity index (χ2v) is 4.27. The smallest absolute Gasteiger partial charge is 0.328 e. The number of hydrogen-bond donors (Lipinski definition) is 1. The molecule has 3 heteroatoms. The largest absolute Gasteiger partial charge is 0.490 e. The van der Waals surface area contributed by atoms with Crippen LogP contribution in [0.2, 0.25) is 0 Å². The van der Waals surface area contributed by atoms with Crippen LogP contribution in [0.3, 0.4) is 0 Å². The van der Waals surface area contributed by atoms with Crippen molar-refractivity contribution in [1.29, 1.82) is 0 Å². The molecule has 98 valence electrons. The molecule has 0 aromatic heterocycles. The fourth-order valence-corrected chi connectivity index (χ4v) is 1.70. The average molecular weight is 248 g/mol. The average Bonchev–Trinajstić information content (AvgIpc) is 2.35. The molecule has 0 spiro atoms. The Morgan fingerprint density at radius 3 is 2.61 bits per heavy atom. The highest BCUT2D eigenvalue weighted by Gasteiger charge is 2.08. The molecule has 0 radical (unpaired) electrons. The summed E-state index contributed by atoms with van der Waals surface area (Å²) in [7, 11) is 0. The molecule has 3 nitrogen and oxygen atoms in total. The highest BCUT2D eigenvalue weighted by Crippen LogP contribution is 2.24. The summed E-state index contributed by atoms with van der Waals surface area (Å²) in [5, 5.41) is 8.68. The molecule has 0 bridgehead atoms. The molecule has 0 fully saturated rings. The molecule has 1 rings (SSSR count). The van der Waals surface area contributed by atoms with Crippen LogP contribution in [-0.4, -0.2) is 17.2 Å². The van der Waals surface area contributed by atoms with Crippen molar-refractivity contribution >= 4 is 12.0 Å². The Bertz CT molecular complexity index is 431. The van der Waals surface area contributed by atoms with Crippen molar-refractivity contribution in [2.45, 2.75) is 39.7 Å². The summed E-state index contributed by atoms with van der Waals surface area (Å²) in [6, 6.07) is 5.79. The summed E-state index contributed by atoms with van der Waals surface area (Å²) in [6.45, 7) is 6.13. The van der Waals surface area contributed by atoms with Gasteiger partial charge in [-0.1, -0.05) is 25.5 Å². The quantitative estimate of drug-likeness (QED) is 0.781. The number of aliphatic carboxylic acids is 1. The van der Waals surface area contributed by atoms with Gasteiger partial charge in [-0.3, -0.25) is 0 Å². The second-order valence-electron chi connectivity index (χ2n) is 4.27. The molecule has 0 saturated heterocycles. The Hall–Kier alpha value is -1.77. The van der Waals surface area contributed by atoms with Crippen LogP contribution in [0.5, 0.6) is 5.75 Å². The third-order valence-corrected chi connectivity index (χ3v) is 2.78. The molecular formula is C15H20O3. The van der Waals surface area contributed by atoms with E-state index in [1.807, 2.05) is 25.1 Å². The predicted octanol–water partition coefficient (Wildman–Crippen LogP) is 3.66. The molecule has 0 unspecified atom stereocenters. The van der Waals surface area contributed by atoms with Gasteiger partial charge in [0.1, 0.15) is 5.75 Å². The first-order chi connectivity index (χ1) is 8.56. The number of aryl methyl sites for hydroxylation is 1. The summed E-state index contributed by atoms with van der Waals surface area (Å²) in [6.07, 6.45) is 4.75. The van der Waals surface area contributed by atoms with Gasteiger partial charge >= 0.3 is 5.97 Å². The van der Waals surface area contributed by atoms with Gasteiger partial charge in [0.05, 0.1) is 6.10 Å². The van der Waals surface area contributed by atoms with E-state index in [4.69, 9.17) is 9.84 Å². The molecule has 0 atom stereocenters. The summed E-state index contributed by atoms with van der Waals surface area (Å²) >= 11 is 0. The first-order valence-corrected chi connectivity index (χ1v) is 6.25. The van der Waals surface area contributed by atoms with Crippen LogP contribution in [0.25, 0.3) is 6.08 Å². The minimum Gasteiger partial charge on any atom is -0.490 e. The van der Waals surface area contributed by atoms with E-state index in [9.17, 15) is 4.79 Å². The van der Waals surface area contributed by atoms with E-state index in [0.29, 0.717) is 0 Å². The van der Waals surface area contributed by atoms with Gasteiger partial charge in [-0.15, -0.1) is 0 Å². The van der Waals surface area contributed by atoms with Gasteiger partial charge in [0, 0.05) is 11.6 Å². The lowest BCUT2D eigenvalue weighted by Crippen LogP contribution is -2.14. The maximum atomic E-state index is 10.6. The zero-order valence-electron chi connectivity index (χ0n) is 11.1. The Balaban J connectivity index is 2.99. The Morgan fingerprint density at radius 1 is 1.39 bits per heavy atom. The highest BCUT2D eigenvalue weighted by molar-refractivity contribution is 5.85. The van der Waals surface area contributed by atoms with Gasteiger partial charge in [-0.05, 0) is 38.0 Å². The van der Waals surface area contributed by atoms with Gasteiger partial charge < -0.3 is 9.84 Å². The maximum absolute atomic E-state index is 10.6. The van der Waals surface area contributed by atoms with Crippen LogP contribution in [0.4, 0.5) is 0 Å². The molecule has 0 heterocycles. The molecule has 0 aliphatic carbocycles. The van der Waals surface area contributed by atoms with Crippen molar-refractivity contribution in [1.82, 2.24) is 0 Å². The predicted molar refractivity (Wildman–Crippen MR) is 72.8 cm³/mol. The van der Waals surface area contributed by atoms with Gasteiger partial charge in [0.2, 0.25) is 0 Å². The molecule has 1 aromatic carbocycles. The van der Waals surface area contributed by atoms with Crippen LogP contribution in [-0.2, 0) is 4.79 Å². The van der Waals surface area contributed by atoms with E-state index in [1.165, 1.54) is 0 Å². The molecule has 1 N–H and O–H groups in total. The number of carboxylic acids is 1. The normalized spacial score (nSPS) is 11.1. The van der Waals surface area contributed by atoms with E-state index in [1.54, 1.807) is 6.08 Å². The lowest BCUT2D eigenvalue weighted by Gasteiger charge is -2.17. The van der Waals surface area contributed by atoms with Crippen molar-refractivity contribution < 1.29 is 14.6 Å². The fourth-order valence-electron chi connectivity index (χ4n) is 1.70. The van der Waals surface area contributed by atoms with E-state index in [2.05, 4.69) is 13.8 Å². The SMILES string of the molecule is CCC(CC)Oc1ccc(C)cc1C=CC(=O)O. The van der Waals surface area contributed by atoms with Gasteiger partial charge in [0.25, 0.3) is 0 Å². The summed E-state index contributed by atoms with van der Waals surface area (Å²) in [5.74, 6) is -0.211. The topological polar surface area (TPSA) is 46.5 Å². The minimum absolute atomic E-state index is 0.171. The van der Waals surface area contributed by atoms with Crippen molar-refractivity contribution in [2.24, 2.45) is 0 Å². The van der Waals surface area contributed by atoms with E-state index >= 15 is 0 Å². The summed E-state index contributed by atoms with van der Waals surface area (Å²) < 4.78 is 5.89. The van der Waals surface area contributed by atoms with Gasteiger partial charge in [0.15, 0.2) is 0 Å². The number of rotatable bonds is 6. The second kappa shape index (κ2) is 6.84. The first kappa shape index (κ1) is 14.3. The zero-order valence-corrected chi connectivity index (χ0v) is 11.1. The molecule has 0 aliphatic rings. The lowest BCUT2D eigenvalue weighted by atomic mass is 10.1. The molecular weight excluding hydrogens is 228 g/mol. The standard InChI is InChI=1S/C15H20O3/c1-4-13(5-2)18-14-8-6-11(3)10-12(14)7-9-15(16)17/h6-10,13H,4-5H2,1-3H3,(H,16,17). The number of carbonyl (C=O) groups is 1. The number of hydrogen-bond acceptors (Lipinski definition) is 2. The van der Waals surface area contributed by atoms with Crippen LogP contribution >= 0.6 is 0 Å². The van der Waals surface area contributed by atoms with Gasteiger partial charge in [-0.2, -0.15) is 0 Å². The molecule has 0 aliphatic heterocycles. The van der Waals surface area contributed by atoms with E-state index in [0.717, 1.165) is 35.8 Å². The summed E-state index contributed by atoms with van der Waals surface area (Å²) in [5.41, 5.74) is 1.89. The van der Waals surface area contributed by atoms with E-state index in [-0.39, 0.29) is 6.10 Å². The van der Waals surface area contributed by atoms with Crippen molar-refractivity contribution in [2.75, 3.05) is 0 Å². The monoisotopic (exact) mass is 248 g/mol. The van der Waals surface area contributed by atoms with Crippen LogP contribution < -0.4 is 4.74 Å². The third kappa shape index (κ3) is 4.24. The van der Waals surface area contributed by atoms with Crippen molar-refractivity contribution in [3.8, 4) is 5.75 Å². The van der Waals surface area contributed by atoms with Crippen LogP contribution in [0.1, 0.15) is 37.8 Å². The Kier molecular flexibility index (Phi) is 5.43. The molecule has 1 aromatic rings. The maximum Gasteiger partial charge on any atom is 0.328 e. The van der Waals surface area contributed by atoms with Crippen LogP contribution in [0.15, 0.2) is 24.3 Å². The fraction of sp³-hybridized carbons (Fsp3) is 0.400. The summed E-state index contributed by atoms with van der Waals surface area (Å²) in [4.78, 5) is 10.6. The zero-order chi connectivity index (χ0) is 13.5. The first-order valence-electron chi connectivity index (χ1n) is 6.25.